The first-order chi connectivity index (χ1) is 22.2. The molecule has 5 N–H and O–H groups in total. The number of amides is 2. The van der Waals surface area contributed by atoms with Crippen LogP contribution in [-0.4, -0.2) is 86.3 Å². The minimum atomic E-state index is -0.878. The number of ether oxygens (including phenoxy) is 3. The second-order valence-electron chi connectivity index (χ2n) is 14.3. The van der Waals surface area contributed by atoms with Gasteiger partial charge in [-0.1, -0.05) is 41.5 Å². The number of carbonyl (C=O) groups excluding carboxylic acids is 3. The summed E-state index contributed by atoms with van der Waals surface area (Å²) in [5.74, 6) is -0.460. The topological polar surface area (TPSA) is 159 Å². The van der Waals surface area contributed by atoms with E-state index in [4.69, 9.17) is 25.7 Å². The van der Waals surface area contributed by atoms with E-state index < -0.39 is 30.1 Å². The first-order valence-corrected chi connectivity index (χ1v) is 17.5. The third-order valence-corrected chi connectivity index (χ3v) is 9.45. The summed E-state index contributed by atoms with van der Waals surface area (Å²) in [6, 6.07) is 1.02. The number of nitrogens with two attached hydrogens (primary N) is 2. The van der Waals surface area contributed by atoms with E-state index in [-0.39, 0.29) is 48.1 Å². The molecule has 1 aromatic rings. The fourth-order valence-electron chi connectivity index (χ4n) is 6.05. The SMILES string of the molecule is COCCCCc1cc(C[C@@H](C[C@H](N)[C@H](C[C@H](C(=O)N(C)C2CC2)C(C)C)OC(=O)[C@@H](NC(=O)CN)C(C)C)C(C)C)cnc1OC. The minimum Gasteiger partial charge on any atom is -0.481 e. The molecule has 1 aliphatic carbocycles. The van der Waals surface area contributed by atoms with E-state index in [1.807, 2.05) is 45.8 Å². The number of aromatic nitrogens is 1. The van der Waals surface area contributed by atoms with Crippen molar-refractivity contribution in [3.8, 4) is 5.88 Å². The van der Waals surface area contributed by atoms with Crippen molar-refractivity contribution in [1.82, 2.24) is 15.2 Å². The Bertz CT molecular complexity index is 1130. The number of unbranched alkanes of at least 4 members (excludes halogenated alkanes) is 1. The molecule has 1 aromatic heterocycles. The molecule has 0 aromatic carbocycles. The van der Waals surface area contributed by atoms with E-state index in [0.29, 0.717) is 25.3 Å². The summed E-state index contributed by atoms with van der Waals surface area (Å²) >= 11 is 0. The van der Waals surface area contributed by atoms with Crippen LogP contribution in [0.3, 0.4) is 0 Å². The Morgan fingerprint density at radius 3 is 2.23 bits per heavy atom. The average molecular weight is 662 g/mol. The Morgan fingerprint density at radius 2 is 1.70 bits per heavy atom. The standard InChI is InChI=1S/C36H63N5O6/c1-22(2)27(17-25-16-26(12-10-11-15-45-8)34(46-9)39-21-25)18-30(38)31(47-36(44)33(24(5)6)40-32(42)20-37)19-29(23(3)4)35(43)41(7)28-13-14-28/h16,21-24,27-31,33H,10-15,17-20,37-38H2,1-9H3,(H,40,42)/t27-,29-,30-,31-,33-/m0/s1. The molecule has 0 saturated heterocycles. The Labute approximate surface area is 283 Å². The van der Waals surface area contributed by atoms with Crippen LogP contribution in [0.5, 0.6) is 5.88 Å². The van der Waals surface area contributed by atoms with Crippen molar-refractivity contribution in [3.05, 3.63) is 23.4 Å². The van der Waals surface area contributed by atoms with Crippen molar-refractivity contribution in [2.75, 3.05) is 34.4 Å². The third-order valence-electron chi connectivity index (χ3n) is 9.45. The van der Waals surface area contributed by atoms with Gasteiger partial charge in [0.2, 0.25) is 17.7 Å². The fraction of sp³-hybridized carbons (Fsp3) is 0.778. The Hall–Kier alpha value is -2.76. The molecule has 11 nitrogen and oxygen atoms in total. The maximum Gasteiger partial charge on any atom is 0.329 e. The van der Waals surface area contributed by atoms with E-state index in [1.54, 1.807) is 14.2 Å². The summed E-state index contributed by atoms with van der Waals surface area (Å²) in [7, 11) is 5.21. The largest absolute Gasteiger partial charge is 0.481 e. The van der Waals surface area contributed by atoms with E-state index >= 15 is 0 Å². The fourth-order valence-corrected chi connectivity index (χ4v) is 6.05. The lowest BCUT2D eigenvalue weighted by molar-refractivity contribution is -0.158. The summed E-state index contributed by atoms with van der Waals surface area (Å²) in [4.78, 5) is 45.9. The first-order valence-electron chi connectivity index (χ1n) is 17.5. The Kier molecular flexibility index (Phi) is 17.1. The van der Waals surface area contributed by atoms with Gasteiger partial charge >= 0.3 is 5.97 Å². The number of carbonyl (C=O) groups is 3. The molecular weight excluding hydrogens is 598 g/mol. The van der Waals surface area contributed by atoms with Crippen LogP contribution in [0.1, 0.15) is 91.2 Å². The molecule has 1 saturated carbocycles. The molecule has 1 fully saturated rings. The van der Waals surface area contributed by atoms with Crippen LogP contribution in [0.25, 0.3) is 0 Å². The second-order valence-corrected chi connectivity index (χ2v) is 14.3. The number of rotatable bonds is 22. The molecule has 0 aliphatic heterocycles. The number of pyridine rings is 1. The highest BCUT2D eigenvalue weighted by Crippen LogP contribution is 2.32. The number of nitrogens with one attached hydrogen (secondary N) is 1. The quantitative estimate of drug-likeness (QED) is 0.124. The number of nitrogens with zero attached hydrogens (tertiary/aromatic N) is 2. The van der Waals surface area contributed by atoms with Gasteiger partial charge in [0.05, 0.1) is 13.7 Å². The summed E-state index contributed by atoms with van der Waals surface area (Å²) in [6.07, 6.45) is 7.54. The van der Waals surface area contributed by atoms with E-state index in [2.05, 4.69) is 30.2 Å². The molecule has 0 bridgehead atoms. The molecule has 0 radical (unpaired) electrons. The summed E-state index contributed by atoms with van der Waals surface area (Å²) in [5, 5.41) is 2.70. The van der Waals surface area contributed by atoms with Crippen LogP contribution in [0.2, 0.25) is 0 Å². The molecule has 268 valence electrons. The van der Waals surface area contributed by atoms with Gasteiger partial charge in [0, 0.05) is 50.5 Å². The summed E-state index contributed by atoms with van der Waals surface area (Å²) in [6.45, 7) is 12.5. The van der Waals surface area contributed by atoms with Crippen molar-refractivity contribution in [3.63, 3.8) is 0 Å². The molecule has 11 heteroatoms. The lowest BCUT2D eigenvalue weighted by Crippen LogP contribution is -2.51. The maximum absolute atomic E-state index is 13.7. The van der Waals surface area contributed by atoms with Gasteiger partial charge in [0.15, 0.2) is 0 Å². The smallest absolute Gasteiger partial charge is 0.329 e. The van der Waals surface area contributed by atoms with Gasteiger partial charge in [-0.05, 0) is 86.7 Å². The van der Waals surface area contributed by atoms with E-state index in [0.717, 1.165) is 49.7 Å². The van der Waals surface area contributed by atoms with Crippen LogP contribution in [0, 0.1) is 29.6 Å². The Morgan fingerprint density at radius 1 is 1.02 bits per heavy atom. The summed E-state index contributed by atoms with van der Waals surface area (Å²) in [5.41, 5.74) is 14.7. The van der Waals surface area contributed by atoms with E-state index in [9.17, 15) is 14.4 Å². The predicted molar refractivity (Wildman–Crippen MR) is 185 cm³/mol. The molecule has 1 aliphatic rings. The van der Waals surface area contributed by atoms with Crippen molar-refractivity contribution in [1.29, 1.82) is 0 Å². The highest BCUT2D eigenvalue weighted by Gasteiger charge is 2.39. The molecule has 2 amide bonds. The number of aryl methyl sites for hydroxylation is 1. The average Bonchev–Trinajstić information content (AvgIpc) is 3.88. The number of methoxy groups -OCH3 is 2. The zero-order valence-electron chi connectivity index (χ0n) is 30.4. The molecule has 2 rings (SSSR count). The van der Waals surface area contributed by atoms with Crippen LogP contribution >= 0.6 is 0 Å². The zero-order valence-corrected chi connectivity index (χ0v) is 30.4. The van der Waals surface area contributed by atoms with Crippen molar-refractivity contribution in [2.45, 2.75) is 117 Å². The monoisotopic (exact) mass is 661 g/mol. The van der Waals surface area contributed by atoms with Gasteiger partial charge in [-0.3, -0.25) is 9.59 Å². The number of hydrogen-bond acceptors (Lipinski definition) is 9. The predicted octanol–water partition coefficient (Wildman–Crippen LogP) is 3.89. The molecular formula is C36H63N5O6. The summed E-state index contributed by atoms with van der Waals surface area (Å²) < 4.78 is 16.9. The van der Waals surface area contributed by atoms with Crippen LogP contribution in [-0.2, 0) is 36.7 Å². The maximum atomic E-state index is 13.7. The van der Waals surface area contributed by atoms with Gasteiger partial charge in [0.1, 0.15) is 12.1 Å². The lowest BCUT2D eigenvalue weighted by Gasteiger charge is -2.34. The number of esters is 1. The van der Waals surface area contributed by atoms with Crippen LogP contribution in [0.4, 0.5) is 0 Å². The minimum absolute atomic E-state index is 0.0171. The normalized spacial score (nSPS) is 16.5. The molecule has 0 unspecified atom stereocenters. The molecule has 47 heavy (non-hydrogen) atoms. The van der Waals surface area contributed by atoms with Gasteiger partial charge in [-0.25, -0.2) is 9.78 Å². The van der Waals surface area contributed by atoms with Crippen molar-refractivity contribution in [2.24, 2.45) is 41.1 Å². The number of hydrogen-bond donors (Lipinski definition) is 3. The zero-order chi connectivity index (χ0) is 35.3. The Balaban J connectivity index is 2.34. The molecule has 0 spiro atoms. The van der Waals surface area contributed by atoms with Gasteiger partial charge < -0.3 is 35.9 Å². The molecule has 1 heterocycles. The van der Waals surface area contributed by atoms with Gasteiger partial charge in [-0.2, -0.15) is 0 Å². The first kappa shape index (κ1) is 40.4. The van der Waals surface area contributed by atoms with Crippen molar-refractivity contribution < 1.29 is 28.6 Å². The van der Waals surface area contributed by atoms with E-state index in [1.165, 1.54) is 0 Å². The highest BCUT2D eigenvalue weighted by atomic mass is 16.5. The lowest BCUT2D eigenvalue weighted by atomic mass is 9.80. The second kappa shape index (κ2) is 19.9. The van der Waals surface area contributed by atoms with Gasteiger partial charge in [0.25, 0.3) is 0 Å². The third kappa shape index (κ3) is 13.0. The highest BCUT2D eigenvalue weighted by molar-refractivity contribution is 5.85. The van der Waals surface area contributed by atoms with Crippen LogP contribution < -0.4 is 21.5 Å². The molecule has 5 atom stereocenters. The van der Waals surface area contributed by atoms with Crippen molar-refractivity contribution >= 4 is 17.8 Å². The van der Waals surface area contributed by atoms with Gasteiger partial charge in [-0.15, -0.1) is 0 Å². The van der Waals surface area contributed by atoms with Crippen LogP contribution in [0.15, 0.2) is 12.3 Å².